The first-order valence-corrected chi connectivity index (χ1v) is 5.57. The number of amides is 1. The van der Waals surface area contributed by atoms with Gasteiger partial charge in [-0.1, -0.05) is 13.8 Å². The van der Waals surface area contributed by atoms with Crippen molar-refractivity contribution >= 4 is 5.91 Å². The highest BCUT2D eigenvalue weighted by molar-refractivity contribution is 5.92. The SMILES string of the molecule is CCC(N)(CC)CNC(=O)c1ccn(C)n1. The molecule has 0 spiro atoms. The average Bonchev–Trinajstić information content (AvgIpc) is 2.72. The van der Waals surface area contributed by atoms with Crippen LogP contribution in [-0.4, -0.2) is 27.8 Å². The van der Waals surface area contributed by atoms with E-state index >= 15 is 0 Å². The summed E-state index contributed by atoms with van der Waals surface area (Å²) in [6, 6.07) is 1.69. The van der Waals surface area contributed by atoms with Crippen molar-refractivity contribution in [1.82, 2.24) is 15.1 Å². The lowest BCUT2D eigenvalue weighted by Crippen LogP contribution is -2.49. The molecule has 0 radical (unpaired) electrons. The second-order valence-electron chi connectivity index (χ2n) is 4.13. The van der Waals surface area contributed by atoms with Crippen molar-refractivity contribution in [3.63, 3.8) is 0 Å². The summed E-state index contributed by atoms with van der Waals surface area (Å²) in [5.41, 5.74) is 6.20. The second kappa shape index (κ2) is 5.12. The fraction of sp³-hybridized carbons (Fsp3) is 0.636. The average molecular weight is 224 g/mol. The fourth-order valence-corrected chi connectivity index (χ4v) is 1.38. The molecule has 0 aromatic carbocycles. The van der Waals surface area contributed by atoms with Crippen LogP contribution in [0.15, 0.2) is 12.3 Å². The van der Waals surface area contributed by atoms with Crippen LogP contribution in [0.4, 0.5) is 0 Å². The summed E-state index contributed by atoms with van der Waals surface area (Å²) in [7, 11) is 1.78. The predicted molar refractivity (Wildman–Crippen MR) is 63.0 cm³/mol. The maximum Gasteiger partial charge on any atom is 0.271 e. The largest absolute Gasteiger partial charge is 0.349 e. The van der Waals surface area contributed by atoms with Gasteiger partial charge in [-0.15, -0.1) is 0 Å². The zero-order chi connectivity index (χ0) is 12.2. The zero-order valence-electron chi connectivity index (χ0n) is 10.2. The van der Waals surface area contributed by atoms with Gasteiger partial charge in [0.05, 0.1) is 0 Å². The molecule has 90 valence electrons. The number of hydrogen-bond acceptors (Lipinski definition) is 3. The van der Waals surface area contributed by atoms with Gasteiger partial charge in [-0.2, -0.15) is 5.10 Å². The molecule has 0 aliphatic carbocycles. The summed E-state index contributed by atoms with van der Waals surface area (Å²) in [5.74, 6) is -0.169. The minimum atomic E-state index is -0.315. The van der Waals surface area contributed by atoms with Gasteiger partial charge in [-0.05, 0) is 18.9 Å². The number of aromatic nitrogens is 2. The Morgan fingerprint density at radius 1 is 1.56 bits per heavy atom. The molecule has 0 aliphatic rings. The maximum atomic E-state index is 11.7. The van der Waals surface area contributed by atoms with Crippen LogP contribution >= 0.6 is 0 Å². The molecule has 5 heteroatoms. The number of hydrogen-bond donors (Lipinski definition) is 2. The molecule has 0 saturated carbocycles. The van der Waals surface area contributed by atoms with Crippen molar-refractivity contribution in [2.24, 2.45) is 12.8 Å². The highest BCUT2D eigenvalue weighted by Crippen LogP contribution is 2.09. The Labute approximate surface area is 96.0 Å². The summed E-state index contributed by atoms with van der Waals surface area (Å²) in [6.07, 6.45) is 3.42. The molecule has 0 atom stereocenters. The van der Waals surface area contributed by atoms with E-state index in [9.17, 15) is 4.79 Å². The Morgan fingerprint density at radius 2 is 2.19 bits per heavy atom. The molecular weight excluding hydrogens is 204 g/mol. The van der Waals surface area contributed by atoms with Crippen molar-refractivity contribution < 1.29 is 4.79 Å². The van der Waals surface area contributed by atoms with Crippen LogP contribution in [-0.2, 0) is 7.05 Å². The Balaban J connectivity index is 2.53. The monoisotopic (exact) mass is 224 g/mol. The molecule has 0 aliphatic heterocycles. The summed E-state index contributed by atoms with van der Waals surface area (Å²) < 4.78 is 1.60. The third-order valence-corrected chi connectivity index (χ3v) is 2.96. The number of carbonyl (C=O) groups excluding carboxylic acids is 1. The predicted octanol–water partition coefficient (Wildman–Crippen LogP) is 0.667. The van der Waals surface area contributed by atoms with Crippen LogP contribution in [0.2, 0.25) is 0 Å². The van der Waals surface area contributed by atoms with Crippen LogP contribution in [0.3, 0.4) is 0 Å². The number of nitrogens with two attached hydrogens (primary N) is 1. The summed E-state index contributed by atoms with van der Waals surface area (Å²) in [6.45, 7) is 4.53. The van der Waals surface area contributed by atoms with E-state index < -0.39 is 0 Å². The van der Waals surface area contributed by atoms with Gasteiger partial charge in [0.2, 0.25) is 0 Å². The van der Waals surface area contributed by atoms with Crippen molar-refractivity contribution in [2.45, 2.75) is 32.2 Å². The molecule has 1 aromatic rings. The first kappa shape index (κ1) is 12.7. The topological polar surface area (TPSA) is 72.9 Å². The van der Waals surface area contributed by atoms with Crippen molar-refractivity contribution in [3.8, 4) is 0 Å². The Kier molecular flexibility index (Phi) is 4.06. The Bertz CT molecular complexity index is 355. The molecule has 1 rings (SSSR count). The number of carbonyl (C=O) groups is 1. The minimum Gasteiger partial charge on any atom is -0.349 e. The molecule has 16 heavy (non-hydrogen) atoms. The van der Waals surface area contributed by atoms with E-state index in [1.165, 1.54) is 0 Å². The van der Waals surface area contributed by atoms with Crippen LogP contribution < -0.4 is 11.1 Å². The third-order valence-electron chi connectivity index (χ3n) is 2.96. The van der Waals surface area contributed by atoms with Gasteiger partial charge in [-0.25, -0.2) is 0 Å². The van der Waals surface area contributed by atoms with Gasteiger partial charge in [0.15, 0.2) is 0 Å². The van der Waals surface area contributed by atoms with Crippen LogP contribution in [0, 0.1) is 0 Å². The highest BCUT2D eigenvalue weighted by Gasteiger charge is 2.21. The van der Waals surface area contributed by atoms with Gasteiger partial charge in [-0.3, -0.25) is 9.48 Å². The standard InChI is InChI=1S/C11H20N4O/c1-4-11(12,5-2)8-13-10(16)9-6-7-15(3)14-9/h6-7H,4-5,8,12H2,1-3H3,(H,13,16). The lowest BCUT2D eigenvalue weighted by Gasteiger charge is -2.26. The van der Waals surface area contributed by atoms with Gasteiger partial charge < -0.3 is 11.1 Å². The lowest BCUT2D eigenvalue weighted by molar-refractivity contribution is 0.0936. The lowest BCUT2D eigenvalue weighted by atomic mass is 9.94. The van der Waals surface area contributed by atoms with E-state index in [2.05, 4.69) is 10.4 Å². The zero-order valence-corrected chi connectivity index (χ0v) is 10.2. The number of aryl methyl sites for hydroxylation is 1. The molecule has 3 N–H and O–H groups in total. The number of rotatable bonds is 5. The molecule has 5 nitrogen and oxygen atoms in total. The van der Waals surface area contributed by atoms with E-state index in [0.29, 0.717) is 12.2 Å². The van der Waals surface area contributed by atoms with Crippen LogP contribution in [0.5, 0.6) is 0 Å². The van der Waals surface area contributed by atoms with E-state index in [1.807, 2.05) is 13.8 Å². The quantitative estimate of drug-likeness (QED) is 0.772. The second-order valence-corrected chi connectivity index (χ2v) is 4.13. The van der Waals surface area contributed by atoms with E-state index in [1.54, 1.807) is 24.0 Å². The summed E-state index contributed by atoms with van der Waals surface area (Å²) >= 11 is 0. The van der Waals surface area contributed by atoms with Crippen molar-refractivity contribution in [1.29, 1.82) is 0 Å². The fourth-order valence-electron chi connectivity index (χ4n) is 1.38. The van der Waals surface area contributed by atoms with E-state index in [-0.39, 0.29) is 11.4 Å². The summed E-state index contributed by atoms with van der Waals surface area (Å²) in [5, 5.41) is 6.84. The Morgan fingerprint density at radius 3 is 2.62 bits per heavy atom. The molecule has 0 bridgehead atoms. The minimum absolute atomic E-state index is 0.169. The van der Waals surface area contributed by atoms with Gasteiger partial charge in [0.1, 0.15) is 5.69 Å². The maximum absolute atomic E-state index is 11.7. The van der Waals surface area contributed by atoms with Crippen molar-refractivity contribution in [3.05, 3.63) is 18.0 Å². The van der Waals surface area contributed by atoms with Gasteiger partial charge in [0.25, 0.3) is 5.91 Å². The molecule has 1 heterocycles. The third kappa shape index (κ3) is 3.06. The first-order valence-electron chi connectivity index (χ1n) is 5.57. The molecule has 0 saturated heterocycles. The van der Waals surface area contributed by atoms with Crippen LogP contribution in [0.25, 0.3) is 0 Å². The number of nitrogens with zero attached hydrogens (tertiary/aromatic N) is 2. The van der Waals surface area contributed by atoms with Gasteiger partial charge in [0, 0.05) is 25.3 Å². The van der Waals surface area contributed by atoms with Gasteiger partial charge >= 0.3 is 0 Å². The van der Waals surface area contributed by atoms with Crippen LogP contribution in [0.1, 0.15) is 37.2 Å². The smallest absolute Gasteiger partial charge is 0.271 e. The Hall–Kier alpha value is -1.36. The molecule has 1 amide bonds. The summed E-state index contributed by atoms with van der Waals surface area (Å²) in [4.78, 5) is 11.7. The molecule has 0 unspecified atom stereocenters. The molecule has 1 aromatic heterocycles. The highest BCUT2D eigenvalue weighted by atomic mass is 16.1. The normalized spacial score (nSPS) is 11.5. The van der Waals surface area contributed by atoms with E-state index in [4.69, 9.17) is 5.73 Å². The first-order chi connectivity index (χ1) is 7.50. The number of nitrogens with one attached hydrogen (secondary N) is 1. The molecular formula is C11H20N4O. The van der Waals surface area contributed by atoms with E-state index in [0.717, 1.165) is 12.8 Å². The molecule has 0 fully saturated rings. The van der Waals surface area contributed by atoms with Crippen molar-refractivity contribution in [2.75, 3.05) is 6.54 Å².